The molecule has 11 nitrogen and oxygen atoms in total. The zero-order valence-corrected chi connectivity index (χ0v) is 19.0. The van der Waals surface area contributed by atoms with E-state index in [1.807, 2.05) is 0 Å². The molecule has 0 spiro atoms. The van der Waals surface area contributed by atoms with Crippen molar-refractivity contribution in [3.05, 3.63) is 90.5 Å². The Kier molecular flexibility index (Phi) is 5.77. The molecule has 0 fully saturated rings. The van der Waals surface area contributed by atoms with E-state index in [1.165, 1.54) is 36.4 Å². The Labute approximate surface area is 205 Å². The Morgan fingerprint density at radius 2 is 1.92 bits per heavy atom. The third kappa shape index (κ3) is 4.56. The first-order valence-electron chi connectivity index (χ1n) is 10.8. The third-order valence-corrected chi connectivity index (χ3v) is 5.14. The summed E-state index contributed by atoms with van der Waals surface area (Å²) in [4.78, 5) is 33.4. The summed E-state index contributed by atoms with van der Waals surface area (Å²) in [5.41, 5.74) is 6.06. The highest BCUT2D eigenvalue weighted by Gasteiger charge is 2.23. The van der Waals surface area contributed by atoms with E-state index in [-0.39, 0.29) is 17.5 Å². The largest absolute Gasteiger partial charge is 0.371 e. The number of nitrogens with one attached hydrogen (secondary N) is 1. The number of aromatic nitrogens is 7. The standard InChI is InChI=1S/C25H19N9O2/c1-25(36,23-28-11-3-12-29-23)9-7-16-5-6-18-19(14-16)34(20-8-13-30-24(26)32-20)33-21(18)22(35)31-17-4-2-10-27-15-17/h2-6,8,10-15,36H,1H3,(H,31,35)(H2,26,30,32). The van der Waals surface area contributed by atoms with Gasteiger partial charge in [0, 0.05) is 41.8 Å². The first-order valence-corrected chi connectivity index (χ1v) is 10.8. The Bertz CT molecular complexity index is 1620. The number of nitrogens with zero attached hydrogens (tertiary/aromatic N) is 7. The number of rotatable bonds is 4. The molecule has 0 aliphatic heterocycles. The van der Waals surface area contributed by atoms with E-state index in [9.17, 15) is 9.90 Å². The van der Waals surface area contributed by atoms with E-state index in [0.717, 1.165) is 0 Å². The summed E-state index contributed by atoms with van der Waals surface area (Å²) in [7, 11) is 0. The molecule has 4 N–H and O–H groups in total. The van der Waals surface area contributed by atoms with Gasteiger partial charge in [-0.25, -0.2) is 19.6 Å². The minimum absolute atomic E-state index is 0.0624. The summed E-state index contributed by atoms with van der Waals surface area (Å²) in [6, 6.07) is 11.9. The lowest BCUT2D eigenvalue weighted by Crippen LogP contribution is -2.21. The number of hydrogen-bond acceptors (Lipinski definition) is 9. The van der Waals surface area contributed by atoms with Crippen LogP contribution in [0, 0.1) is 11.8 Å². The van der Waals surface area contributed by atoms with Crippen LogP contribution in [0.4, 0.5) is 11.6 Å². The molecule has 0 saturated heterocycles. The number of aliphatic hydroxyl groups is 1. The molecule has 1 amide bonds. The number of nitrogens with two attached hydrogens (primary N) is 1. The number of carbonyl (C=O) groups excluding carboxylic acids is 1. The van der Waals surface area contributed by atoms with Crippen LogP contribution in [-0.2, 0) is 5.60 Å². The highest BCUT2D eigenvalue weighted by atomic mass is 16.3. The van der Waals surface area contributed by atoms with Gasteiger partial charge in [-0.15, -0.1) is 0 Å². The fourth-order valence-corrected chi connectivity index (χ4v) is 3.44. The van der Waals surface area contributed by atoms with Crippen molar-refractivity contribution in [1.29, 1.82) is 0 Å². The monoisotopic (exact) mass is 477 g/mol. The Hall–Kier alpha value is -5.21. The SMILES string of the molecule is CC(O)(C#Cc1ccc2c(C(=O)Nc3cccnc3)nn(-c3ccnc(N)n3)c2c1)c1ncccn1. The first-order chi connectivity index (χ1) is 17.4. The maximum absolute atomic E-state index is 13.1. The van der Waals surface area contributed by atoms with Gasteiger partial charge in [0.1, 0.15) is 0 Å². The molecular formula is C25H19N9O2. The number of pyridine rings is 1. The predicted molar refractivity (Wildman–Crippen MR) is 132 cm³/mol. The lowest BCUT2D eigenvalue weighted by Gasteiger charge is -2.13. The van der Waals surface area contributed by atoms with Crippen molar-refractivity contribution >= 4 is 28.4 Å². The van der Waals surface area contributed by atoms with Crippen molar-refractivity contribution in [3.8, 4) is 17.7 Å². The van der Waals surface area contributed by atoms with E-state index in [2.05, 4.69) is 47.2 Å². The van der Waals surface area contributed by atoms with Crippen molar-refractivity contribution in [2.75, 3.05) is 11.1 Å². The zero-order valence-electron chi connectivity index (χ0n) is 19.0. The number of amides is 1. The number of anilines is 2. The molecule has 0 bridgehead atoms. The lowest BCUT2D eigenvalue weighted by molar-refractivity contribution is 0.102. The Morgan fingerprint density at radius 3 is 2.67 bits per heavy atom. The van der Waals surface area contributed by atoms with Crippen LogP contribution in [-0.4, -0.2) is 45.7 Å². The number of nitrogen functional groups attached to an aromatic ring is 1. The van der Waals surface area contributed by atoms with Crippen molar-refractivity contribution in [2.24, 2.45) is 0 Å². The van der Waals surface area contributed by atoms with Crippen LogP contribution in [0.2, 0.25) is 0 Å². The highest BCUT2D eigenvalue weighted by molar-refractivity contribution is 6.11. The normalized spacial score (nSPS) is 12.4. The summed E-state index contributed by atoms with van der Waals surface area (Å²) in [5, 5.41) is 18.6. The molecule has 0 aliphatic rings. The lowest BCUT2D eigenvalue weighted by atomic mass is 10.1. The van der Waals surface area contributed by atoms with Gasteiger partial charge in [-0.05, 0) is 43.3 Å². The molecule has 0 saturated carbocycles. The van der Waals surface area contributed by atoms with Crippen molar-refractivity contribution in [3.63, 3.8) is 0 Å². The van der Waals surface area contributed by atoms with E-state index in [1.54, 1.807) is 48.7 Å². The topological polar surface area (TPSA) is 158 Å². The fraction of sp³-hybridized carbons (Fsp3) is 0.0800. The van der Waals surface area contributed by atoms with E-state index >= 15 is 0 Å². The van der Waals surface area contributed by atoms with Gasteiger partial charge >= 0.3 is 0 Å². The number of hydrogen-bond donors (Lipinski definition) is 3. The minimum atomic E-state index is -1.56. The molecule has 1 aromatic carbocycles. The zero-order chi connectivity index (χ0) is 25.1. The van der Waals surface area contributed by atoms with Crippen molar-refractivity contribution in [1.82, 2.24) is 34.7 Å². The van der Waals surface area contributed by atoms with Crippen LogP contribution in [0.1, 0.15) is 28.8 Å². The second-order valence-electron chi connectivity index (χ2n) is 7.86. The van der Waals surface area contributed by atoms with Crippen LogP contribution >= 0.6 is 0 Å². The molecular weight excluding hydrogens is 458 g/mol. The van der Waals surface area contributed by atoms with E-state index < -0.39 is 11.5 Å². The third-order valence-electron chi connectivity index (χ3n) is 5.14. The number of carbonyl (C=O) groups is 1. The minimum Gasteiger partial charge on any atom is -0.371 e. The van der Waals surface area contributed by atoms with Gasteiger partial charge in [0.05, 0.1) is 17.4 Å². The van der Waals surface area contributed by atoms with Crippen LogP contribution < -0.4 is 11.1 Å². The molecule has 0 radical (unpaired) electrons. The van der Waals surface area contributed by atoms with Gasteiger partial charge in [0.15, 0.2) is 22.9 Å². The molecule has 176 valence electrons. The first kappa shape index (κ1) is 22.6. The smallest absolute Gasteiger partial charge is 0.276 e. The van der Waals surface area contributed by atoms with Gasteiger partial charge in [-0.2, -0.15) is 10.1 Å². The van der Waals surface area contributed by atoms with Gasteiger partial charge < -0.3 is 16.2 Å². The quantitative estimate of drug-likeness (QED) is 0.330. The summed E-state index contributed by atoms with van der Waals surface area (Å²) >= 11 is 0. The molecule has 5 rings (SSSR count). The number of benzene rings is 1. The van der Waals surface area contributed by atoms with Gasteiger partial charge in [-0.1, -0.05) is 11.8 Å². The second kappa shape index (κ2) is 9.21. The Morgan fingerprint density at radius 1 is 1.08 bits per heavy atom. The van der Waals surface area contributed by atoms with E-state index in [4.69, 9.17) is 5.73 Å². The number of fused-ring (bicyclic) bond motifs is 1. The fourth-order valence-electron chi connectivity index (χ4n) is 3.44. The summed E-state index contributed by atoms with van der Waals surface area (Å²) < 4.78 is 1.50. The predicted octanol–water partition coefficient (Wildman–Crippen LogP) is 2.09. The molecule has 4 heterocycles. The molecule has 1 unspecified atom stereocenters. The molecule has 11 heteroatoms. The Balaban J connectivity index is 1.59. The van der Waals surface area contributed by atoms with Gasteiger partial charge in [-0.3, -0.25) is 9.78 Å². The average molecular weight is 477 g/mol. The highest BCUT2D eigenvalue weighted by Crippen LogP contribution is 2.24. The van der Waals surface area contributed by atoms with Crippen LogP contribution in [0.25, 0.3) is 16.7 Å². The maximum Gasteiger partial charge on any atom is 0.276 e. The molecule has 0 aliphatic carbocycles. The maximum atomic E-state index is 13.1. The van der Waals surface area contributed by atoms with Gasteiger partial charge in [0.2, 0.25) is 5.95 Å². The van der Waals surface area contributed by atoms with Crippen LogP contribution in [0.3, 0.4) is 0 Å². The average Bonchev–Trinajstić information content (AvgIpc) is 3.28. The summed E-state index contributed by atoms with van der Waals surface area (Å²) in [6.45, 7) is 1.52. The molecule has 4 aromatic heterocycles. The van der Waals surface area contributed by atoms with Crippen LogP contribution in [0.15, 0.2) is 73.4 Å². The second-order valence-corrected chi connectivity index (χ2v) is 7.86. The summed E-state index contributed by atoms with van der Waals surface area (Å²) in [5.74, 6) is 5.97. The molecule has 36 heavy (non-hydrogen) atoms. The molecule has 1 atom stereocenters. The van der Waals surface area contributed by atoms with Crippen molar-refractivity contribution < 1.29 is 9.90 Å². The molecule has 5 aromatic rings. The van der Waals surface area contributed by atoms with Gasteiger partial charge in [0.25, 0.3) is 5.91 Å². The van der Waals surface area contributed by atoms with Crippen LogP contribution in [0.5, 0.6) is 0 Å². The van der Waals surface area contributed by atoms with Crippen molar-refractivity contribution in [2.45, 2.75) is 12.5 Å². The van der Waals surface area contributed by atoms with E-state index in [0.29, 0.717) is 28.0 Å². The summed E-state index contributed by atoms with van der Waals surface area (Å²) in [6.07, 6.45) is 7.73.